The molecule has 6 nitrogen and oxygen atoms in total. The topological polar surface area (TPSA) is 106 Å². The first-order valence-corrected chi connectivity index (χ1v) is 9.48. The normalized spacial score (nSPS) is 12.2. The summed E-state index contributed by atoms with van der Waals surface area (Å²) in [6, 6.07) is 8.89. The van der Waals surface area contributed by atoms with Crippen LogP contribution >= 0.6 is 34.5 Å². The van der Waals surface area contributed by atoms with Gasteiger partial charge in [0.25, 0.3) is 0 Å². The van der Waals surface area contributed by atoms with E-state index in [2.05, 4.69) is 15.3 Å². The minimum absolute atomic E-state index is 0.103. The number of carbonyl (C=O) groups is 1. The van der Waals surface area contributed by atoms with E-state index in [1.54, 1.807) is 6.07 Å². The van der Waals surface area contributed by atoms with Gasteiger partial charge in [-0.1, -0.05) is 34.5 Å². The van der Waals surface area contributed by atoms with E-state index in [9.17, 15) is 4.79 Å². The zero-order valence-electron chi connectivity index (χ0n) is 13.8. The first kappa shape index (κ1) is 17.8. The van der Waals surface area contributed by atoms with Crippen LogP contribution in [-0.2, 0) is 6.42 Å². The number of nitrogen functional groups attached to an aromatic ring is 2. The number of thiazole rings is 1. The van der Waals surface area contributed by atoms with Crippen molar-refractivity contribution in [2.45, 2.75) is 6.42 Å². The van der Waals surface area contributed by atoms with Gasteiger partial charge in [-0.15, -0.1) is 0 Å². The van der Waals surface area contributed by atoms with E-state index in [1.165, 1.54) is 6.07 Å². The standard InChI is InChI=1S/C18H13Cl2N5OS/c19-10-2-3-11(21)14(20)13(10)15(26)16-17(22)25-18(27-16)24-9-1-4-12-8(7-9)5-6-23-12/h1-4,6-7H,5,21-22H2,(H,24,25). The molecule has 5 N–H and O–H groups in total. The molecule has 136 valence electrons. The number of hydrogen-bond donors (Lipinski definition) is 3. The average molecular weight is 418 g/mol. The second-order valence-electron chi connectivity index (χ2n) is 5.87. The zero-order chi connectivity index (χ0) is 19.1. The Morgan fingerprint density at radius 3 is 2.81 bits per heavy atom. The first-order chi connectivity index (χ1) is 12.9. The molecule has 0 radical (unpaired) electrons. The van der Waals surface area contributed by atoms with Crippen molar-refractivity contribution < 1.29 is 4.79 Å². The van der Waals surface area contributed by atoms with Crippen molar-refractivity contribution in [1.82, 2.24) is 4.98 Å². The quantitative estimate of drug-likeness (QED) is 0.415. The third-order valence-corrected chi connectivity index (χ3v) is 5.79. The van der Waals surface area contributed by atoms with Crippen LogP contribution < -0.4 is 16.8 Å². The highest BCUT2D eigenvalue weighted by molar-refractivity contribution is 7.18. The van der Waals surface area contributed by atoms with Crippen LogP contribution in [0.5, 0.6) is 0 Å². The number of carbonyl (C=O) groups excluding carboxylic acids is 1. The minimum Gasteiger partial charge on any atom is -0.398 e. The monoisotopic (exact) mass is 417 g/mol. The number of ketones is 1. The summed E-state index contributed by atoms with van der Waals surface area (Å²) in [7, 11) is 0. The molecule has 9 heteroatoms. The number of hydrogen-bond acceptors (Lipinski definition) is 7. The van der Waals surface area contributed by atoms with Crippen molar-refractivity contribution in [3.05, 3.63) is 56.4 Å². The van der Waals surface area contributed by atoms with Crippen molar-refractivity contribution in [1.29, 1.82) is 0 Å². The van der Waals surface area contributed by atoms with Gasteiger partial charge in [-0.05, 0) is 35.9 Å². The maximum absolute atomic E-state index is 12.9. The van der Waals surface area contributed by atoms with Crippen LogP contribution in [0.1, 0.15) is 20.8 Å². The van der Waals surface area contributed by atoms with Crippen molar-refractivity contribution >= 4 is 74.5 Å². The molecule has 0 spiro atoms. The predicted octanol–water partition coefficient (Wildman–Crippen LogP) is 4.85. The Kier molecular flexibility index (Phi) is 4.51. The smallest absolute Gasteiger partial charge is 0.209 e. The number of nitrogens with zero attached hydrogens (tertiary/aromatic N) is 2. The number of nitrogens with one attached hydrogen (secondary N) is 1. The van der Waals surface area contributed by atoms with E-state index in [0.29, 0.717) is 5.13 Å². The van der Waals surface area contributed by atoms with Crippen LogP contribution in [0.15, 0.2) is 35.3 Å². The average Bonchev–Trinajstić information content (AvgIpc) is 3.24. The molecule has 0 saturated carbocycles. The summed E-state index contributed by atoms with van der Waals surface area (Å²) in [4.78, 5) is 21.7. The number of anilines is 4. The summed E-state index contributed by atoms with van der Waals surface area (Å²) in [5.41, 5.74) is 15.1. The van der Waals surface area contributed by atoms with Gasteiger partial charge in [-0.25, -0.2) is 4.98 Å². The highest BCUT2D eigenvalue weighted by Crippen LogP contribution is 2.36. The molecule has 4 rings (SSSR count). The third-order valence-electron chi connectivity index (χ3n) is 4.08. The first-order valence-electron chi connectivity index (χ1n) is 7.91. The highest BCUT2D eigenvalue weighted by Gasteiger charge is 2.24. The molecule has 0 unspecified atom stereocenters. The molecule has 0 bridgehead atoms. The van der Waals surface area contributed by atoms with Gasteiger partial charge in [0.1, 0.15) is 10.7 Å². The van der Waals surface area contributed by atoms with Crippen molar-refractivity contribution in [2.75, 3.05) is 16.8 Å². The lowest BCUT2D eigenvalue weighted by Crippen LogP contribution is -2.05. The summed E-state index contributed by atoms with van der Waals surface area (Å²) < 4.78 is 0. The third kappa shape index (κ3) is 3.25. The largest absolute Gasteiger partial charge is 0.398 e. The highest BCUT2D eigenvalue weighted by atomic mass is 35.5. The predicted molar refractivity (Wildman–Crippen MR) is 112 cm³/mol. The molecule has 1 aliphatic rings. The number of aliphatic imine (C=N–C) groups is 1. The number of rotatable bonds is 4. The summed E-state index contributed by atoms with van der Waals surface area (Å²) in [6.45, 7) is 0. The number of nitrogens with two attached hydrogens (primary N) is 2. The maximum atomic E-state index is 12.9. The fraction of sp³-hybridized carbons (Fsp3) is 0.0556. The van der Waals surface area contributed by atoms with Crippen LogP contribution in [0.2, 0.25) is 10.0 Å². The van der Waals surface area contributed by atoms with Crippen molar-refractivity contribution in [3.8, 4) is 0 Å². The van der Waals surface area contributed by atoms with Gasteiger partial charge in [0.15, 0.2) is 5.13 Å². The van der Waals surface area contributed by atoms with Gasteiger partial charge >= 0.3 is 0 Å². The summed E-state index contributed by atoms with van der Waals surface area (Å²) in [6.07, 6.45) is 2.66. The maximum Gasteiger partial charge on any atom is 0.209 e. The van der Waals surface area contributed by atoms with E-state index in [4.69, 9.17) is 34.7 Å². The molecule has 0 atom stereocenters. The Balaban J connectivity index is 1.64. The Bertz CT molecular complexity index is 1110. The van der Waals surface area contributed by atoms with Gasteiger partial charge in [-0.2, -0.15) is 0 Å². The Labute approximate surface area is 168 Å². The zero-order valence-corrected chi connectivity index (χ0v) is 16.1. The van der Waals surface area contributed by atoms with Gasteiger partial charge < -0.3 is 16.8 Å². The van der Waals surface area contributed by atoms with Crippen molar-refractivity contribution in [3.63, 3.8) is 0 Å². The van der Waals surface area contributed by atoms with Crippen molar-refractivity contribution in [2.24, 2.45) is 4.99 Å². The molecule has 2 aromatic carbocycles. The summed E-state index contributed by atoms with van der Waals surface area (Å²) in [5, 5.41) is 3.98. The van der Waals surface area contributed by atoms with Gasteiger partial charge in [0.2, 0.25) is 5.78 Å². The number of fused-ring (bicyclic) bond motifs is 1. The Morgan fingerprint density at radius 1 is 1.19 bits per heavy atom. The van der Waals surface area contributed by atoms with Gasteiger partial charge in [0.05, 0.1) is 27.0 Å². The Morgan fingerprint density at radius 2 is 2.00 bits per heavy atom. The van der Waals surface area contributed by atoms with E-state index < -0.39 is 5.78 Å². The molecule has 1 aromatic heterocycles. The van der Waals surface area contributed by atoms with E-state index in [-0.39, 0.29) is 32.0 Å². The molecule has 2 heterocycles. The van der Waals surface area contributed by atoms with Crippen LogP contribution in [0.25, 0.3) is 0 Å². The molecule has 27 heavy (non-hydrogen) atoms. The number of halogens is 2. The van der Waals surface area contributed by atoms with Crippen LogP contribution in [0.3, 0.4) is 0 Å². The fourth-order valence-corrected chi connectivity index (χ4v) is 4.15. The van der Waals surface area contributed by atoms with E-state index in [1.807, 2.05) is 24.4 Å². The molecular formula is C18H13Cl2N5OS. The van der Waals surface area contributed by atoms with E-state index in [0.717, 1.165) is 34.7 Å². The lowest BCUT2D eigenvalue weighted by molar-refractivity contribution is 0.104. The molecule has 0 aliphatic carbocycles. The van der Waals surface area contributed by atoms with Gasteiger partial charge in [0, 0.05) is 18.3 Å². The van der Waals surface area contributed by atoms with Crippen LogP contribution in [-0.4, -0.2) is 17.0 Å². The second kappa shape index (κ2) is 6.84. The SMILES string of the molecule is Nc1ccc(Cl)c(C(=O)c2sc(Nc3ccc4c(c3)CC=N4)nc2N)c1Cl. The summed E-state index contributed by atoms with van der Waals surface area (Å²) in [5.74, 6) is -0.311. The van der Waals surface area contributed by atoms with Crippen LogP contribution in [0.4, 0.5) is 28.0 Å². The summed E-state index contributed by atoms with van der Waals surface area (Å²) >= 11 is 13.4. The molecule has 1 aliphatic heterocycles. The number of aromatic nitrogens is 1. The molecule has 3 aromatic rings. The molecule has 0 saturated heterocycles. The fourth-order valence-electron chi connectivity index (χ4n) is 2.76. The Hall–Kier alpha value is -2.61. The molecule has 0 amide bonds. The minimum atomic E-state index is -0.414. The molecular weight excluding hydrogens is 405 g/mol. The lowest BCUT2D eigenvalue weighted by atomic mass is 10.1. The molecule has 0 fully saturated rings. The second-order valence-corrected chi connectivity index (χ2v) is 7.66. The van der Waals surface area contributed by atoms with E-state index >= 15 is 0 Å². The van der Waals surface area contributed by atoms with Crippen LogP contribution in [0, 0.1) is 0 Å². The van der Waals surface area contributed by atoms with Gasteiger partial charge in [-0.3, -0.25) is 9.79 Å². The number of benzene rings is 2. The lowest BCUT2D eigenvalue weighted by Gasteiger charge is -2.07.